The van der Waals surface area contributed by atoms with Crippen LogP contribution in [0.1, 0.15) is 48.0 Å². The molecular weight excluding hydrogens is 416 g/mol. The van der Waals surface area contributed by atoms with E-state index in [0.717, 1.165) is 41.7 Å². The fraction of sp³-hybridized carbons (Fsp3) is 0.318. The van der Waals surface area contributed by atoms with Crippen LogP contribution in [-0.4, -0.2) is 30.1 Å². The van der Waals surface area contributed by atoms with Crippen molar-refractivity contribution in [2.24, 2.45) is 17.2 Å². The number of rotatable bonds is 8. The van der Waals surface area contributed by atoms with Crippen molar-refractivity contribution in [1.29, 1.82) is 0 Å². The normalized spacial score (nSPS) is 15.1. The van der Waals surface area contributed by atoms with Gasteiger partial charge in [-0.05, 0) is 49.3 Å². The Hall–Kier alpha value is -3.17. The highest BCUT2D eigenvalue weighted by Crippen LogP contribution is 2.35. The summed E-state index contributed by atoms with van der Waals surface area (Å²) in [6.45, 7) is 0. The van der Waals surface area contributed by atoms with Crippen molar-refractivity contribution in [3.63, 3.8) is 0 Å². The molecule has 1 fully saturated rings. The predicted octanol–water partition coefficient (Wildman–Crippen LogP) is 3.22. The quantitative estimate of drug-likeness (QED) is 0.463. The maximum Gasteiger partial charge on any atom is 0.323 e. The molecule has 1 saturated carbocycles. The molecule has 2 aromatic rings. The van der Waals surface area contributed by atoms with E-state index in [1.807, 2.05) is 36.4 Å². The zero-order valence-corrected chi connectivity index (χ0v) is 17.8. The molecule has 9 heteroatoms. The van der Waals surface area contributed by atoms with Gasteiger partial charge < -0.3 is 21.9 Å². The van der Waals surface area contributed by atoms with E-state index in [1.165, 1.54) is 11.3 Å². The lowest BCUT2D eigenvalue weighted by atomic mass is 10.1. The molecule has 0 unspecified atom stereocenters. The van der Waals surface area contributed by atoms with Gasteiger partial charge in [0.15, 0.2) is 0 Å². The number of ether oxygens (including phenoxy) is 1. The summed E-state index contributed by atoms with van der Waals surface area (Å²) < 4.78 is 5.43. The zero-order valence-electron chi connectivity index (χ0n) is 17.0. The lowest BCUT2D eigenvalue weighted by Crippen LogP contribution is -2.33. The standard InChI is InChI=1S/C22H26N4O4S/c23-17(21(28)30-15-5-1-2-6-15)7-3-4-13-8-10-14(11-9-13)18-12-16(19(24)27)20(31-18)26-22(25)29/h3-4,8-12,15,17H,1-2,5-7,23H2,(H2,24,27)(H3,25,26,29)/b4-3+/t17-/m1/s1. The van der Waals surface area contributed by atoms with Crippen LogP contribution in [0.15, 0.2) is 36.4 Å². The number of esters is 1. The molecule has 0 radical (unpaired) electrons. The average molecular weight is 443 g/mol. The number of hydrogen-bond donors (Lipinski definition) is 4. The molecule has 0 aliphatic heterocycles. The van der Waals surface area contributed by atoms with Gasteiger partial charge in [0.1, 0.15) is 17.1 Å². The van der Waals surface area contributed by atoms with Gasteiger partial charge in [0, 0.05) is 4.88 Å². The minimum Gasteiger partial charge on any atom is -0.461 e. The third-order valence-electron chi connectivity index (χ3n) is 5.02. The molecule has 1 aromatic carbocycles. The SMILES string of the molecule is NC(=O)Nc1sc(-c2ccc(/C=C/C[C@@H](N)C(=O)OC3CCCC3)cc2)cc1C(N)=O. The molecule has 1 atom stereocenters. The molecule has 8 nitrogen and oxygen atoms in total. The first-order chi connectivity index (χ1) is 14.8. The summed E-state index contributed by atoms with van der Waals surface area (Å²) in [7, 11) is 0. The molecule has 1 aliphatic carbocycles. The minimum absolute atomic E-state index is 0.0149. The van der Waals surface area contributed by atoms with Gasteiger partial charge in [-0.15, -0.1) is 11.3 Å². The smallest absolute Gasteiger partial charge is 0.323 e. The largest absolute Gasteiger partial charge is 0.461 e. The summed E-state index contributed by atoms with van der Waals surface area (Å²) in [5.41, 5.74) is 18.5. The van der Waals surface area contributed by atoms with E-state index >= 15 is 0 Å². The second kappa shape index (κ2) is 10.2. The van der Waals surface area contributed by atoms with Crippen LogP contribution in [-0.2, 0) is 9.53 Å². The van der Waals surface area contributed by atoms with Crippen molar-refractivity contribution in [1.82, 2.24) is 0 Å². The number of nitrogens with two attached hydrogens (primary N) is 3. The number of hydrogen-bond acceptors (Lipinski definition) is 6. The fourth-order valence-corrected chi connectivity index (χ4v) is 4.46. The van der Waals surface area contributed by atoms with Gasteiger partial charge in [-0.3, -0.25) is 14.9 Å². The molecule has 1 aliphatic rings. The van der Waals surface area contributed by atoms with Gasteiger partial charge in [-0.2, -0.15) is 0 Å². The summed E-state index contributed by atoms with van der Waals surface area (Å²) in [6.07, 6.45) is 8.18. The molecule has 0 bridgehead atoms. The van der Waals surface area contributed by atoms with Gasteiger partial charge in [-0.1, -0.05) is 36.4 Å². The van der Waals surface area contributed by atoms with Crippen molar-refractivity contribution in [2.75, 3.05) is 5.32 Å². The Balaban J connectivity index is 1.60. The van der Waals surface area contributed by atoms with Gasteiger partial charge in [0.25, 0.3) is 5.91 Å². The third-order valence-corrected chi connectivity index (χ3v) is 6.12. The van der Waals surface area contributed by atoms with E-state index in [2.05, 4.69) is 5.32 Å². The molecule has 164 valence electrons. The topological polar surface area (TPSA) is 151 Å². The summed E-state index contributed by atoms with van der Waals surface area (Å²) in [4.78, 5) is 35.5. The number of carbonyl (C=O) groups is 3. The minimum atomic E-state index is -0.762. The molecule has 31 heavy (non-hydrogen) atoms. The van der Waals surface area contributed by atoms with Crippen molar-refractivity contribution in [3.8, 4) is 10.4 Å². The van der Waals surface area contributed by atoms with Crippen LogP contribution in [0.3, 0.4) is 0 Å². The highest BCUT2D eigenvalue weighted by Gasteiger charge is 2.22. The van der Waals surface area contributed by atoms with E-state index in [1.54, 1.807) is 6.07 Å². The fourth-order valence-electron chi connectivity index (χ4n) is 3.38. The Kier molecular flexibility index (Phi) is 7.43. The van der Waals surface area contributed by atoms with Crippen molar-refractivity contribution < 1.29 is 19.1 Å². The Bertz CT molecular complexity index is 978. The molecule has 1 aromatic heterocycles. The maximum atomic E-state index is 12.0. The lowest BCUT2D eigenvalue weighted by molar-refractivity contribution is -0.150. The molecule has 3 amide bonds. The summed E-state index contributed by atoms with van der Waals surface area (Å²) in [5.74, 6) is -0.996. The number of benzene rings is 1. The highest BCUT2D eigenvalue weighted by atomic mass is 32.1. The van der Waals surface area contributed by atoms with Crippen LogP contribution in [0.4, 0.5) is 9.80 Å². The number of urea groups is 1. The van der Waals surface area contributed by atoms with E-state index < -0.39 is 18.0 Å². The number of amides is 3. The second-order valence-electron chi connectivity index (χ2n) is 7.42. The van der Waals surface area contributed by atoms with Crippen molar-refractivity contribution in [3.05, 3.63) is 47.5 Å². The number of anilines is 1. The van der Waals surface area contributed by atoms with Crippen LogP contribution < -0.4 is 22.5 Å². The van der Waals surface area contributed by atoms with Crippen LogP contribution in [0.2, 0.25) is 0 Å². The Morgan fingerprint density at radius 1 is 1.16 bits per heavy atom. The average Bonchev–Trinajstić information content (AvgIpc) is 3.38. The maximum absolute atomic E-state index is 12.0. The van der Waals surface area contributed by atoms with E-state index in [4.69, 9.17) is 21.9 Å². The monoisotopic (exact) mass is 442 g/mol. The highest BCUT2D eigenvalue weighted by molar-refractivity contribution is 7.20. The molecule has 7 N–H and O–H groups in total. The van der Waals surface area contributed by atoms with Crippen molar-refractivity contribution >= 4 is 40.3 Å². The Morgan fingerprint density at radius 2 is 1.84 bits per heavy atom. The van der Waals surface area contributed by atoms with Gasteiger partial charge in [0.2, 0.25) is 0 Å². The van der Waals surface area contributed by atoms with Crippen LogP contribution >= 0.6 is 11.3 Å². The summed E-state index contributed by atoms with van der Waals surface area (Å²) in [6, 6.07) is 7.76. The predicted molar refractivity (Wildman–Crippen MR) is 121 cm³/mol. The number of nitrogens with one attached hydrogen (secondary N) is 1. The molecule has 1 heterocycles. The number of thiophene rings is 1. The van der Waals surface area contributed by atoms with Gasteiger partial charge >= 0.3 is 12.0 Å². The zero-order chi connectivity index (χ0) is 22.4. The van der Waals surface area contributed by atoms with Crippen molar-refractivity contribution in [2.45, 2.75) is 44.2 Å². The number of primary amides is 2. The van der Waals surface area contributed by atoms with E-state index in [0.29, 0.717) is 11.4 Å². The number of carbonyl (C=O) groups excluding carboxylic acids is 3. The molecule has 0 saturated heterocycles. The first kappa shape index (κ1) is 22.5. The third kappa shape index (κ3) is 6.16. The Labute approximate surface area is 184 Å². The molecule has 0 spiro atoms. The van der Waals surface area contributed by atoms with Gasteiger partial charge in [-0.25, -0.2) is 4.79 Å². The first-order valence-corrected chi connectivity index (χ1v) is 10.9. The van der Waals surface area contributed by atoms with E-state index in [9.17, 15) is 14.4 Å². The van der Waals surface area contributed by atoms with Crippen LogP contribution in [0.5, 0.6) is 0 Å². The summed E-state index contributed by atoms with van der Waals surface area (Å²) >= 11 is 1.21. The Morgan fingerprint density at radius 3 is 2.45 bits per heavy atom. The lowest BCUT2D eigenvalue weighted by Gasteiger charge is -2.14. The summed E-state index contributed by atoms with van der Waals surface area (Å²) in [5, 5.41) is 2.74. The van der Waals surface area contributed by atoms with Gasteiger partial charge in [0.05, 0.1) is 5.56 Å². The van der Waals surface area contributed by atoms with E-state index in [-0.39, 0.29) is 17.6 Å². The van der Waals surface area contributed by atoms with Crippen LogP contribution in [0, 0.1) is 0 Å². The molecule has 3 rings (SSSR count). The second-order valence-corrected chi connectivity index (χ2v) is 8.47. The first-order valence-electron chi connectivity index (χ1n) is 10.1. The molecular formula is C22H26N4O4S. The van der Waals surface area contributed by atoms with Crippen LogP contribution in [0.25, 0.3) is 16.5 Å².